The van der Waals surface area contributed by atoms with Gasteiger partial charge in [0.1, 0.15) is 0 Å². The molecule has 1 atom stereocenters. The molecule has 128 valence electrons. The fourth-order valence-corrected chi connectivity index (χ4v) is 3.25. The summed E-state index contributed by atoms with van der Waals surface area (Å²) in [4.78, 5) is 14.3. The van der Waals surface area contributed by atoms with Crippen molar-refractivity contribution in [2.75, 3.05) is 30.8 Å². The number of benzene rings is 1. The van der Waals surface area contributed by atoms with E-state index in [0.717, 1.165) is 6.42 Å². The third kappa shape index (κ3) is 5.62. The minimum absolute atomic E-state index is 0.0943. The fraction of sp³-hybridized carbons (Fsp3) is 0.533. The number of hydrogen-bond donors (Lipinski definition) is 2. The number of nitrogens with one attached hydrogen (secondary N) is 1. The molecule has 0 aliphatic carbocycles. The van der Waals surface area contributed by atoms with Crippen molar-refractivity contribution >= 4 is 23.5 Å². The number of amides is 2. The van der Waals surface area contributed by atoms with Gasteiger partial charge in [0.15, 0.2) is 0 Å². The van der Waals surface area contributed by atoms with Gasteiger partial charge in [0.25, 0.3) is 0 Å². The van der Waals surface area contributed by atoms with Crippen LogP contribution in [0.5, 0.6) is 0 Å². The van der Waals surface area contributed by atoms with Crippen molar-refractivity contribution in [3.05, 3.63) is 24.3 Å². The molecule has 23 heavy (non-hydrogen) atoms. The Kier molecular flexibility index (Phi) is 6.17. The Morgan fingerprint density at radius 3 is 2.83 bits per heavy atom. The smallest absolute Gasteiger partial charge is 0.396 e. The van der Waals surface area contributed by atoms with E-state index in [9.17, 15) is 18.0 Å². The van der Waals surface area contributed by atoms with Gasteiger partial charge in [-0.15, -0.1) is 11.8 Å². The molecule has 0 unspecified atom stereocenters. The summed E-state index contributed by atoms with van der Waals surface area (Å²) in [5.41, 5.74) is 0.386. The number of urea groups is 1. The highest BCUT2D eigenvalue weighted by atomic mass is 32.2. The topological polar surface area (TPSA) is 52.6 Å². The fourth-order valence-electron chi connectivity index (χ4n) is 2.48. The van der Waals surface area contributed by atoms with Crippen LogP contribution in [-0.2, 0) is 0 Å². The van der Waals surface area contributed by atoms with Crippen molar-refractivity contribution in [1.82, 2.24) is 4.90 Å². The SMILES string of the molecule is O=C(Nc1ccccc1SCC(F)(F)F)N1CC[C@H](CCO)C1. The van der Waals surface area contributed by atoms with Crippen LogP contribution in [-0.4, -0.2) is 47.7 Å². The molecule has 1 aliphatic rings. The van der Waals surface area contributed by atoms with Crippen LogP contribution in [0.15, 0.2) is 29.2 Å². The minimum atomic E-state index is -4.26. The second-order valence-electron chi connectivity index (χ2n) is 5.44. The van der Waals surface area contributed by atoms with Gasteiger partial charge in [-0.2, -0.15) is 13.2 Å². The first-order chi connectivity index (χ1) is 10.9. The maximum absolute atomic E-state index is 12.4. The molecule has 1 saturated heterocycles. The molecule has 0 bridgehead atoms. The van der Waals surface area contributed by atoms with Crippen molar-refractivity contribution in [3.8, 4) is 0 Å². The number of likely N-dealkylation sites (tertiary alicyclic amines) is 1. The van der Waals surface area contributed by atoms with E-state index in [1.165, 1.54) is 0 Å². The van der Waals surface area contributed by atoms with Gasteiger partial charge in [0, 0.05) is 24.6 Å². The van der Waals surface area contributed by atoms with Crippen molar-refractivity contribution in [3.63, 3.8) is 0 Å². The van der Waals surface area contributed by atoms with Gasteiger partial charge in [-0.05, 0) is 30.9 Å². The molecular weight excluding hydrogens is 329 g/mol. The molecule has 0 radical (unpaired) electrons. The maximum atomic E-state index is 12.4. The summed E-state index contributed by atoms with van der Waals surface area (Å²) >= 11 is 0.656. The number of thioether (sulfide) groups is 1. The summed E-state index contributed by atoms with van der Waals surface area (Å²) in [5.74, 6) is -0.720. The molecular formula is C15H19F3N2O2S. The van der Waals surface area contributed by atoms with Gasteiger partial charge in [0.05, 0.1) is 11.4 Å². The highest BCUT2D eigenvalue weighted by Gasteiger charge is 2.29. The summed E-state index contributed by atoms with van der Waals surface area (Å²) < 4.78 is 37.1. The number of hydrogen-bond acceptors (Lipinski definition) is 3. The number of para-hydroxylation sites is 1. The number of aliphatic hydroxyl groups excluding tert-OH is 1. The molecule has 1 aromatic carbocycles. The minimum Gasteiger partial charge on any atom is -0.396 e. The zero-order valence-electron chi connectivity index (χ0n) is 12.5. The Labute approximate surface area is 137 Å². The Morgan fingerprint density at radius 2 is 2.13 bits per heavy atom. The molecule has 2 rings (SSSR count). The van der Waals surface area contributed by atoms with Crippen LogP contribution in [0, 0.1) is 5.92 Å². The Bertz CT molecular complexity index is 540. The second-order valence-corrected chi connectivity index (χ2v) is 6.46. The summed E-state index contributed by atoms with van der Waals surface area (Å²) in [6, 6.07) is 6.15. The third-order valence-electron chi connectivity index (χ3n) is 3.63. The van der Waals surface area contributed by atoms with Crippen LogP contribution < -0.4 is 5.32 Å². The predicted octanol–water partition coefficient (Wildman–Crippen LogP) is 3.58. The van der Waals surface area contributed by atoms with Crippen LogP contribution in [0.25, 0.3) is 0 Å². The predicted molar refractivity (Wildman–Crippen MR) is 83.6 cm³/mol. The lowest BCUT2D eigenvalue weighted by Gasteiger charge is -2.19. The number of aliphatic hydroxyl groups is 1. The van der Waals surface area contributed by atoms with E-state index in [1.807, 2.05) is 0 Å². The first kappa shape index (κ1) is 17.9. The van der Waals surface area contributed by atoms with E-state index in [1.54, 1.807) is 29.2 Å². The van der Waals surface area contributed by atoms with Crippen LogP contribution in [0.2, 0.25) is 0 Å². The molecule has 1 fully saturated rings. The molecule has 2 N–H and O–H groups in total. The largest absolute Gasteiger partial charge is 0.398 e. The number of nitrogens with zero attached hydrogens (tertiary/aromatic N) is 1. The lowest BCUT2D eigenvalue weighted by Crippen LogP contribution is -2.33. The maximum Gasteiger partial charge on any atom is 0.398 e. The van der Waals surface area contributed by atoms with Crippen LogP contribution in [0.4, 0.5) is 23.7 Å². The quantitative estimate of drug-likeness (QED) is 0.800. The van der Waals surface area contributed by atoms with Gasteiger partial charge in [-0.25, -0.2) is 4.79 Å². The first-order valence-electron chi connectivity index (χ1n) is 7.34. The molecule has 4 nitrogen and oxygen atoms in total. The molecule has 1 aromatic rings. The van der Waals surface area contributed by atoms with Crippen LogP contribution in [0.1, 0.15) is 12.8 Å². The van der Waals surface area contributed by atoms with E-state index >= 15 is 0 Å². The summed E-state index contributed by atoms with van der Waals surface area (Å²) in [5, 5.41) is 11.6. The summed E-state index contributed by atoms with van der Waals surface area (Å²) in [6.07, 6.45) is -2.77. The molecule has 1 heterocycles. The number of carbonyl (C=O) groups excluding carboxylic acids is 1. The molecule has 0 aromatic heterocycles. The lowest BCUT2D eigenvalue weighted by atomic mass is 10.1. The number of halogens is 3. The lowest BCUT2D eigenvalue weighted by molar-refractivity contribution is -0.105. The van der Waals surface area contributed by atoms with Crippen molar-refractivity contribution in [1.29, 1.82) is 0 Å². The van der Waals surface area contributed by atoms with Gasteiger partial charge >= 0.3 is 12.2 Å². The zero-order chi connectivity index (χ0) is 16.9. The van der Waals surface area contributed by atoms with Gasteiger partial charge in [-0.3, -0.25) is 0 Å². The average Bonchev–Trinajstić information content (AvgIpc) is 2.95. The summed E-state index contributed by atoms with van der Waals surface area (Å²) in [6.45, 7) is 1.25. The zero-order valence-corrected chi connectivity index (χ0v) is 13.3. The number of carbonyl (C=O) groups is 1. The first-order valence-corrected chi connectivity index (χ1v) is 8.33. The molecule has 8 heteroatoms. The Balaban J connectivity index is 1.96. The van der Waals surface area contributed by atoms with Crippen LogP contribution >= 0.6 is 11.8 Å². The number of alkyl halides is 3. The van der Waals surface area contributed by atoms with Gasteiger partial charge in [-0.1, -0.05) is 12.1 Å². The van der Waals surface area contributed by atoms with Crippen molar-refractivity contribution in [2.45, 2.75) is 23.9 Å². The van der Waals surface area contributed by atoms with E-state index in [0.29, 0.717) is 41.9 Å². The molecule has 0 spiro atoms. The van der Waals surface area contributed by atoms with Crippen molar-refractivity contribution < 1.29 is 23.1 Å². The molecule has 2 amide bonds. The molecule has 0 saturated carbocycles. The monoisotopic (exact) mass is 348 g/mol. The highest BCUT2D eigenvalue weighted by Crippen LogP contribution is 2.32. The second kappa shape index (κ2) is 7.92. The summed E-state index contributed by atoms with van der Waals surface area (Å²) in [7, 11) is 0. The Morgan fingerprint density at radius 1 is 1.39 bits per heavy atom. The normalized spacial score (nSPS) is 18.3. The Hall–Kier alpha value is -1.41. The highest BCUT2D eigenvalue weighted by molar-refractivity contribution is 7.99. The van der Waals surface area contributed by atoms with Crippen LogP contribution in [0.3, 0.4) is 0 Å². The third-order valence-corrected chi connectivity index (χ3v) is 4.77. The van der Waals surface area contributed by atoms with E-state index in [4.69, 9.17) is 5.11 Å². The molecule has 1 aliphatic heterocycles. The number of rotatable bonds is 5. The van der Waals surface area contributed by atoms with Crippen molar-refractivity contribution in [2.24, 2.45) is 5.92 Å². The standard InChI is InChI=1S/C15H19F3N2O2S/c16-15(17,18)10-23-13-4-2-1-3-12(13)19-14(22)20-7-5-11(9-20)6-8-21/h1-4,11,21H,5-10H2,(H,19,22)/t11-/m1/s1. The average molecular weight is 348 g/mol. The van der Waals surface area contributed by atoms with E-state index in [-0.39, 0.29) is 18.6 Å². The van der Waals surface area contributed by atoms with Gasteiger partial charge < -0.3 is 15.3 Å². The number of anilines is 1. The van der Waals surface area contributed by atoms with E-state index in [2.05, 4.69) is 5.32 Å². The van der Waals surface area contributed by atoms with Gasteiger partial charge in [0.2, 0.25) is 0 Å². The van der Waals surface area contributed by atoms with E-state index < -0.39 is 11.9 Å².